The smallest absolute Gasteiger partial charge is 0.0992 e. The van der Waals surface area contributed by atoms with Crippen LogP contribution in [-0.4, -0.2) is 0 Å². The van der Waals surface area contributed by atoms with E-state index in [1.807, 2.05) is 30.3 Å². The van der Waals surface area contributed by atoms with Crippen molar-refractivity contribution >= 4 is 0 Å². The van der Waals surface area contributed by atoms with Crippen LogP contribution >= 0.6 is 0 Å². The maximum atomic E-state index is 9.30. The van der Waals surface area contributed by atoms with E-state index in [-0.39, 0.29) is 0 Å². The maximum Gasteiger partial charge on any atom is 0.0992 e. The molecule has 0 atom stereocenters. The van der Waals surface area contributed by atoms with E-state index >= 15 is 0 Å². The van der Waals surface area contributed by atoms with E-state index < -0.39 is 0 Å². The second kappa shape index (κ2) is 7.85. The second-order valence-electron chi connectivity index (χ2n) is 7.06. The summed E-state index contributed by atoms with van der Waals surface area (Å²) in [5, 5.41) is 18.6. The summed E-state index contributed by atoms with van der Waals surface area (Å²) in [6.45, 7) is 2.06. The molecule has 4 rings (SSSR count). The molecule has 0 fully saturated rings. The highest BCUT2D eigenvalue weighted by Gasteiger charge is 2.08. The molecule has 0 saturated carbocycles. The van der Waals surface area contributed by atoms with Gasteiger partial charge in [0, 0.05) is 0 Å². The summed E-state index contributed by atoms with van der Waals surface area (Å²) in [7, 11) is 0. The van der Waals surface area contributed by atoms with E-state index in [1.165, 1.54) is 11.1 Å². The minimum absolute atomic E-state index is 0.494. The molecule has 0 N–H and O–H groups in total. The van der Waals surface area contributed by atoms with Crippen LogP contribution in [0, 0.1) is 29.6 Å². The Morgan fingerprint density at radius 1 is 0.483 bits per heavy atom. The molecule has 4 aromatic carbocycles. The summed E-state index contributed by atoms with van der Waals surface area (Å²) in [5.74, 6) is 0. The topological polar surface area (TPSA) is 47.6 Å². The van der Waals surface area contributed by atoms with Gasteiger partial charge in [-0.05, 0) is 76.2 Å². The molecule has 0 aliphatic rings. The average molecular weight is 370 g/mol. The Labute approximate surface area is 170 Å². The molecule has 0 saturated heterocycles. The molecular weight excluding hydrogens is 352 g/mol. The highest BCUT2D eigenvalue weighted by molar-refractivity contribution is 5.78. The molecule has 0 radical (unpaired) electrons. The number of rotatable bonds is 3. The number of benzene rings is 4. The van der Waals surface area contributed by atoms with Gasteiger partial charge in [0.1, 0.15) is 0 Å². The van der Waals surface area contributed by atoms with Gasteiger partial charge in [0.25, 0.3) is 0 Å². The first-order valence-electron chi connectivity index (χ1n) is 9.39. The van der Waals surface area contributed by atoms with Crippen LogP contribution in [-0.2, 0) is 0 Å². The van der Waals surface area contributed by atoms with E-state index in [0.717, 1.165) is 27.8 Å². The molecule has 4 aromatic rings. The third kappa shape index (κ3) is 3.93. The molecule has 29 heavy (non-hydrogen) atoms. The third-order valence-electron chi connectivity index (χ3n) is 4.90. The van der Waals surface area contributed by atoms with Crippen molar-refractivity contribution in [3.05, 3.63) is 108 Å². The van der Waals surface area contributed by atoms with E-state index in [1.54, 1.807) is 6.07 Å². The van der Waals surface area contributed by atoms with Gasteiger partial charge in [-0.1, -0.05) is 60.7 Å². The molecule has 0 amide bonds. The van der Waals surface area contributed by atoms with Gasteiger partial charge in [0.15, 0.2) is 0 Å². The van der Waals surface area contributed by atoms with Crippen molar-refractivity contribution in [1.82, 2.24) is 0 Å². The lowest BCUT2D eigenvalue weighted by molar-refractivity contribution is 1.43. The summed E-state index contributed by atoms with van der Waals surface area (Å²) in [6.07, 6.45) is 0. The van der Waals surface area contributed by atoms with Gasteiger partial charge in [-0.3, -0.25) is 0 Å². The molecule has 0 aliphatic heterocycles. The quantitative estimate of drug-likeness (QED) is 0.401. The summed E-state index contributed by atoms with van der Waals surface area (Å²) >= 11 is 0. The fourth-order valence-electron chi connectivity index (χ4n) is 3.55. The van der Waals surface area contributed by atoms with Crippen molar-refractivity contribution in [1.29, 1.82) is 10.5 Å². The number of hydrogen-bond donors (Lipinski definition) is 0. The molecular formula is C27H18N2. The predicted octanol–water partition coefficient (Wildman–Crippen LogP) is 6.74. The van der Waals surface area contributed by atoms with Crippen LogP contribution in [0.1, 0.15) is 16.7 Å². The fraction of sp³-hybridized carbons (Fsp3) is 0.0370. The van der Waals surface area contributed by atoms with E-state index in [2.05, 4.69) is 73.7 Å². The first-order chi connectivity index (χ1) is 14.2. The molecule has 136 valence electrons. The number of hydrogen-bond acceptors (Lipinski definition) is 2. The normalized spacial score (nSPS) is 10.2. The predicted molar refractivity (Wildman–Crippen MR) is 117 cm³/mol. The van der Waals surface area contributed by atoms with Crippen molar-refractivity contribution < 1.29 is 0 Å². The Morgan fingerprint density at radius 3 is 1.59 bits per heavy atom. The third-order valence-corrected chi connectivity index (χ3v) is 4.90. The minimum atomic E-state index is 0.494. The van der Waals surface area contributed by atoms with Gasteiger partial charge in [0.2, 0.25) is 0 Å². The zero-order chi connectivity index (χ0) is 20.2. The summed E-state index contributed by atoms with van der Waals surface area (Å²) in [6, 6.07) is 34.8. The molecule has 2 nitrogen and oxygen atoms in total. The Hall–Kier alpha value is -4.14. The summed E-state index contributed by atoms with van der Waals surface area (Å²) in [4.78, 5) is 0. The zero-order valence-electron chi connectivity index (χ0n) is 16.1. The standard InChI is InChI=1S/C27H18N2/c1-19-10-25(24-9-5-8-23(15-24)22-6-3-2-4-7-22)16-26(11-19)27-13-20(17-28)12-21(14-27)18-29/h2-16H,1H3. The van der Waals surface area contributed by atoms with Crippen LogP contribution in [0.15, 0.2) is 91.0 Å². The van der Waals surface area contributed by atoms with Gasteiger partial charge in [-0.15, -0.1) is 0 Å². The first kappa shape index (κ1) is 18.2. The van der Waals surface area contributed by atoms with Crippen LogP contribution in [0.4, 0.5) is 0 Å². The van der Waals surface area contributed by atoms with Gasteiger partial charge in [-0.2, -0.15) is 10.5 Å². The van der Waals surface area contributed by atoms with E-state index in [0.29, 0.717) is 11.1 Å². The first-order valence-corrected chi connectivity index (χ1v) is 9.39. The molecule has 0 aromatic heterocycles. The van der Waals surface area contributed by atoms with Crippen molar-refractivity contribution in [2.45, 2.75) is 6.92 Å². The fourth-order valence-corrected chi connectivity index (χ4v) is 3.55. The molecule has 0 unspecified atom stereocenters. The Balaban J connectivity index is 1.82. The summed E-state index contributed by atoms with van der Waals surface area (Å²) in [5.41, 5.74) is 8.59. The van der Waals surface area contributed by atoms with Crippen LogP contribution in [0.2, 0.25) is 0 Å². The molecule has 2 heteroatoms. The minimum Gasteiger partial charge on any atom is -0.192 e. The lowest BCUT2D eigenvalue weighted by Gasteiger charge is -2.11. The lowest BCUT2D eigenvalue weighted by atomic mass is 9.93. The van der Waals surface area contributed by atoms with Crippen molar-refractivity contribution in [3.8, 4) is 45.5 Å². The number of nitrogens with zero attached hydrogens (tertiary/aromatic N) is 2. The lowest BCUT2D eigenvalue weighted by Crippen LogP contribution is -1.88. The second-order valence-corrected chi connectivity index (χ2v) is 7.06. The Kier molecular flexibility index (Phi) is 4.93. The average Bonchev–Trinajstić information content (AvgIpc) is 2.79. The largest absolute Gasteiger partial charge is 0.192 e. The Morgan fingerprint density at radius 2 is 0.966 bits per heavy atom. The molecule has 0 heterocycles. The molecule has 0 bridgehead atoms. The Bertz CT molecular complexity index is 1240. The number of aryl methyl sites for hydroxylation is 1. The van der Waals surface area contributed by atoms with E-state index in [9.17, 15) is 10.5 Å². The van der Waals surface area contributed by atoms with Gasteiger partial charge in [0.05, 0.1) is 23.3 Å². The van der Waals surface area contributed by atoms with Crippen LogP contribution in [0.25, 0.3) is 33.4 Å². The van der Waals surface area contributed by atoms with Gasteiger partial charge < -0.3 is 0 Å². The van der Waals surface area contributed by atoms with Crippen LogP contribution < -0.4 is 0 Å². The SMILES string of the molecule is Cc1cc(-c2cc(C#N)cc(C#N)c2)cc(-c2cccc(-c3ccccc3)c2)c1. The number of nitriles is 2. The maximum absolute atomic E-state index is 9.30. The highest BCUT2D eigenvalue weighted by atomic mass is 14.3. The van der Waals surface area contributed by atoms with Crippen molar-refractivity contribution in [2.75, 3.05) is 0 Å². The summed E-state index contributed by atoms with van der Waals surface area (Å²) < 4.78 is 0. The van der Waals surface area contributed by atoms with Crippen molar-refractivity contribution in [2.24, 2.45) is 0 Å². The van der Waals surface area contributed by atoms with Crippen LogP contribution in [0.3, 0.4) is 0 Å². The molecule has 0 spiro atoms. The van der Waals surface area contributed by atoms with Gasteiger partial charge in [-0.25, -0.2) is 0 Å². The van der Waals surface area contributed by atoms with Crippen molar-refractivity contribution in [3.63, 3.8) is 0 Å². The molecule has 0 aliphatic carbocycles. The van der Waals surface area contributed by atoms with E-state index in [4.69, 9.17) is 0 Å². The van der Waals surface area contributed by atoms with Crippen LogP contribution in [0.5, 0.6) is 0 Å². The highest BCUT2D eigenvalue weighted by Crippen LogP contribution is 2.31. The zero-order valence-corrected chi connectivity index (χ0v) is 16.1. The van der Waals surface area contributed by atoms with Gasteiger partial charge >= 0.3 is 0 Å². The monoisotopic (exact) mass is 370 g/mol.